The smallest absolute Gasteiger partial charge is 0.262 e. The van der Waals surface area contributed by atoms with Gasteiger partial charge in [0, 0.05) is 0 Å². The summed E-state index contributed by atoms with van der Waals surface area (Å²) in [6.07, 6.45) is 4.37. The first-order valence-corrected chi connectivity index (χ1v) is 6.05. The minimum Gasteiger partial charge on any atom is -0.482 e. The summed E-state index contributed by atoms with van der Waals surface area (Å²) in [5.74, 6) is 0.674. The van der Waals surface area contributed by atoms with Crippen molar-refractivity contribution in [3.63, 3.8) is 0 Å². The summed E-state index contributed by atoms with van der Waals surface area (Å²) in [6.45, 7) is 0.872. The molecule has 4 heteroatoms. The maximum absolute atomic E-state index is 11.2. The zero-order valence-electron chi connectivity index (χ0n) is 9.87. The van der Waals surface area contributed by atoms with E-state index < -0.39 is 0 Å². The zero-order valence-corrected chi connectivity index (χ0v) is 9.87. The molecule has 2 rings (SSSR count). The van der Waals surface area contributed by atoms with E-state index in [0.717, 1.165) is 43.7 Å². The van der Waals surface area contributed by atoms with Crippen molar-refractivity contribution in [1.29, 1.82) is 0 Å². The van der Waals surface area contributed by atoms with Crippen LogP contribution in [-0.4, -0.2) is 19.1 Å². The van der Waals surface area contributed by atoms with Gasteiger partial charge in [0.05, 0.1) is 5.69 Å². The van der Waals surface area contributed by atoms with E-state index in [2.05, 4.69) is 11.4 Å². The number of ether oxygens (including phenoxy) is 1. The fourth-order valence-electron chi connectivity index (χ4n) is 1.94. The molecule has 4 nitrogen and oxygen atoms in total. The third-order valence-corrected chi connectivity index (χ3v) is 2.85. The van der Waals surface area contributed by atoms with Crippen molar-refractivity contribution in [3.05, 3.63) is 23.8 Å². The minimum atomic E-state index is -0.0854. The van der Waals surface area contributed by atoms with Gasteiger partial charge < -0.3 is 15.8 Å². The number of nitrogens with two attached hydrogens (primary N) is 1. The van der Waals surface area contributed by atoms with Crippen LogP contribution in [0.15, 0.2) is 18.2 Å². The van der Waals surface area contributed by atoms with E-state index >= 15 is 0 Å². The van der Waals surface area contributed by atoms with Crippen molar-refractivity contribution < 1.29 is 9.53 Å². The molecular weight excluding hydrogens is 216 g/mol. The van der Waals surface area contributed by atoms with Crippen molar-refractivity contribution in [1.82, 2.24) is 0 Å². The highest BCUT2D eigenvalue weighted by atomic mass is 16.5. The lowest BCUT2D eigenvalue weighted by Crippen LogP contribution is -2.25. The molecule has 1 aromatic carbocycles. The average molecular weight is 234 g/mol. The van der Waals surface area contributed by atoms with Crippen molar-refractivity contribution >= 4 is 11.6 Å². The van der Waals surface area contributed by atoms with Crippen LogP contribution in [0.25, 0.3) is 0 Å². The number of anilines is 1. The molecule has 0 radical (unpaired) electrons. The summed E-state index contributed by atoms with van der Waals surface area (Å²) in [4.78, 5) is 11.2. The molecule has 1 aliphatic heterocycles. The standard InChI is InChI=1S/C13H18N2O2/c14-7-3-1-2-4-10-5-6-12-11(8-10)15-13(16)9-17-12/h5-6,8H,1-4,7,9,14H2,(H,15,16). The monoisotopic (exact) mass is 234 g/mol. The molecule has 1 amide bonds. The first-order chi connectivity index (χ1) is 8.29. The number of rotatable bonds is 5. The van der Waals surface area contributed by atoms with E-state index in [9.17, 15) is 4.79 Å². The van der Waals surface area contributed by atoms with E-state index in [1.807, 2.05) is 12.1 Å². The lowest BCUT2D eigenvalue weighted by atomic mass is 10.1. The fraction of sp³-hybridized carbons (Fsp3) is 0.462. The van der Waals surface area contributed by atoms with Gasteiger partial charge in [0.2, 0.25) is 0 Å². The van der Waals surface area contributed by atoms with Gasteiger partial charge in [0.1, 0.15) is 5.75 Å². The van der Waals surface area contributed by atoms with E-state index in [1.54, 1.807) is 0 Å². The molecule has 0 bridgehead atoms. The Labute approximate surface area is 101 Å². The fourth-order valence-corrected chi connectivity index (χ4v) is 1.94. The molecule has 1 heterocycles. The summed E-state index contributed by atoms with van der Waals surface area (Å²) in [7, 11) is 0. The van der Waals surface area contributed by atoms with E-state index in [0.29, 0.717) is 0 Å². The number of nitrogens with one attached hydrogen (secondary N) is 1. The molecule has 0 atom stereocenters. The Bertz CT molecular complexity index is 404. The van der Waals surface area contributed by atoms with Gasteiger partial charge in [-0.05, 0) is 43.5 Å². The van der Waals surface area contributed by atoms with Crippen molar-refractivity contribution in [3.8, 4) is 5.75 Å². The van der Waals surface area contributed by atoms with Gasteiger partial charge in [-0.3, -0.25) is 4.79 Å². The third kappa shape index (κ3) is 3.20. The predicted octanol–water partition coefficient (Wildman–Crippen LogP) is 1.69. The minimum absolute atomic E-state index is 0.0854. The van der Waals surface area contributed by atoms with Gasteiger partial charge in [-0.2, -0.15) is 0 Å². The molecular formula is C13H18N2O2. The van der Waals surface area contributed by atoms with Crippen LogP contribution < -0.4 is 15.8 Å². The highest BCUT2D eigenvalue weighted by Crippen LogP contribution is 2.28. The van der Waals surface area contributed by atoms with Crippen molar-refractivity contribution in [2.45, 2.75) is 25.7 Å². The number of hydrogen-bond acceptors (Lipinski definition) is 3. The number of unbranched alkanes of at least 4 members (excludes halogenated alkanes) is 2. The molecule has 0 saturated carbocycles. The van der Waals surface area contributed by atoms with Crippen LogP contribution in [0.1, 0.15) is 24.8 Å². The average Bonchev–Trinajstić information content (AvgIpc) is 2.34. The number of amides is 1. The van der Waals surface area contributed by atoms with Gasteiger partial charge >= 0.3 is 0 Å². The summed E-state index contributed by atoms with van der Waals surface area (Å²) in [5.41, 5.74) is 7.47. The lowest BCUT2D eigenvalue weighted by Gasteiger charge is -2.18. The Morgan fingerprint density at radius 3 is 3.00 bits per heavy atom. The molecule has 17 heavy (non-hydrogen) atoms. The van der Waals surface area contributed by atoms with Gasteiger partial charge in [0.25, 0.3) is 5.91 Å². The second-order valence-corrected chi connectivity index (χ2v) is 4.27. The Morgan fingerprint density at radius 1 is 1.29 bits per heavy atom. The molecule has 1 aromatic rings. The molecule has 0 spiro atoms. The summed E-state index contributed by atoms with van der Waals surface area (Å²) < 4.78 is 5.31. The maximum Gasteiger partial charge on any atom is 0.262 e. The van der Waals surface area contributed by atoms with E-state index in [1.165, 1.54) is 5.56 Å². The Balaban J connectivity index is 1.95. The quantitative estimate of drug-likeness (QED) is 0.762. The molecule has 1 aliphatic rings. The first kappa shape index (κ1) is 11.9. The number of carbonyl (C=O) groups is 1. The van der Waals surface area contributed by atoms with Crippen molar-refractivity contribution in [2.24, 2.45) is 5.73 Å². The lowest BCUT2D eigenvalue weighted by molar-refractivity contribution is -0.118. The van der Waals surface area contributed by atoms with E-state index in [4.69, 9.17) is 10.5 Å². The number of hydrogen-bond donors (Lipinski definition) is 2. The first-order valence-electron chi connectivity index (χ1n) is 6.05. The van der Waals surface area contributed by atoms with Gasteiger partial charge in [-0.1, -0.05) is 12.5 Å². The van der Waals surface area contributed by atoms with Crippen LogP contribution in [0.4, 0.5) is 5.69 Å². The van der Waals surface area contributed by atoms with Gasteiger partial charge in [0.15, 0.2) is 6.61 Å². The molecule has 0 unspecified atom stereocenters. The molecule has 3 N–H and O–H groups in total. The van der Waals surface area contributed by atoms with Crippen LogP contribution in [0.3, 0.4) is 0 Å². The molecule has 0 fully saturated rings. The summed E-state index contributed by atoms with van der Waals surface area (Å²) in [5, 5.41) is 2.82. The van der Waals surface area contributed by atoms with E-state index in [-0.39, 0.29) is 12.5 Å². The number of benzene rings is 1. The molecule has 0 aromatic heterocycles. The zero-order chi connectivity index (χ0) is 12.1. The predicted molar refractivity (Wildman–Crippen MR) is 67.2 cm³/mol. The largest absolute Gasteiger partial charge is 0.482 e. The molecule has 92 valence electrons. The Hall–Kier alpha value is -1.55. The summed E-state index contributed by atoms with van der Waals surface area (Å²) in [6, 6.07) is 5.97. The summed E-state index contributed by atoms with van der Waals surface area (Å²) >= 11 is 0. The third-order valence-electron chi connectivity index (χ3n) is 2.85. The normalized spacial score (nSPS) is 13.8. The van der Waals surface area contributed by atoms with Crippen LogP contribution in [0.5, 0.6) is 5.75 Å². The topological polar surface area (TPSA) is 64.3 Å². The second kappa shape index (κ2) is 5.68. The number of fused-ring (bicyclic) bond motifs is 1. The Morgan fingerprint density at radius 2 is 2.18 bits per heavy atom. The number of carbonyl (C=O) groups excluding carboxylic acids is 1. The highest BCUT2D eigenvalue weighted by Gasteiger charge is 2.15. The number of aryl methyl sites for hydroxylation is 1. The second-order valence-electron chi connectivity index (χ2n) is 4.27. The maximum atomic E-state index is 11.2. The molecule has 0 saturated heterocycles. The SMILES string of the molecule is NCCCCCc1ccc2c(c1)NC(=O)CO2. The van der Waals surface area contributed by atoms with Crippen LogP contribution in [-0.2, 0) is 11.2 Å². The molecule has 0 aliphatic carbocycles. The van der Waals surface area contributed by atoms with Crippen LogP contribution in [0.2, 0.25) is 0 Å². The van der Waals surface area contributed by atoms with Crippen LogP contribution >= 0.6 is 0 Å². The highest BCUT2D eigenvalue weighted by molar-refractivity contribution is 5.95. The Kier molecular flexibility index (Phi) is 3.98. The van der Waals surface area contributed by atoms with Crippen LogP contribution in [0, 0.1) is 0 Å². The van der Waals surface area contributed by atoms with Crippen molar-refractivity contribution in [2.75, 3.05) is 18.5 Å². The van der Waals surface area contributed by atoms with Gasteiger partial charge in [-0.15, -0.1) is 0 Å². The van der Waals surface area contributed by atoms with Gasteiger partial charge in [-0.25, -0.2) is 0 Å².